The summed E-state index contributed by atoms with van der Waals surface area (Å²) in [5, 5.41) is 5.31. The SMILES string of the molecule is CN1CCN(C2CN(C(=O)Nc3cccc4ccccc34)C2)CC1. The lowest BCUT2D eigenvalue weighted by molar-refractivity contribution is 0.0318. The van der Waals surface area contributed by atoms with Gasteiger partial charge in [-0.25, -0.2) is 4.79 Å². The predicted octanol–water partition coefficient (Wildman–Crippen LogP) is 2.30. The van der Waals surface area contributed by atoms with Gasteiger partial charge < -0.3 is 15.1 Å². The normalized spacial score (nSPS) is 20.1. The number of rotatable bonds is 2. The molecule has 0 unspecified atom stereocenters. The second kappa shape index (κ2) is 6.42. The number of amides is 2. The summed E-state index contributed by atoms with van der Waals surface area (Å²) in [4.78, 5) is 19.3. The third-order valence-electron chi connectivity index (χ3n) is 5.23. The number of benzene rings is 2. The minimum absolute atomic E-state index is 0.0109. The van der Waals surface area contributed by atoms with Gasteiger partial charge in [-0.1, -0.05) is 36.4 Å². The first-order chi connectivity index (χ1) is 11.7. The van der Waals surface area contributed by atoms with E-state index < -0.39 is 0 Å². The molecule has 5 nitrogen and oxygen atoms in total. The number of urea groups is 1. The minimum Gasteiger partial charge on any atom is -0.321 e. The molecule has 0 spiro atoms. The maximum Gasteiger partial charge on any atom is 0.321 e. The Balaban J connectivity index is 1.36. The van der Waals surface area contributed by atoms with Crippen LogP contribution in [0, 0.1) is 0 Å². The van der Waals surface area contributed by atoms with Crippen LogP contribution < -0.4 is 5.32 Å². The van der Waals surface area contributed by atoms with Crippen LogP contribution >= 0.6 is 0 Å². The van der Waals surface area contributed by atoms with Gasteiger partial charge in [0.1, 0.15) is 0 Å². The lowest BCUT2D eigenvalue weighted by Crippen LogP contribution is -2.64. The molecule has 4 rings (SSSR count). The van der Waals surface area contributed by atoms with E-state index in [1.807, 2.05) is 35.2 Å². The summed E-state index contributed by atoms with van der Waals surface area (Å²) >= 11 is 0. The van der Waals surface area contributed by atoms with E-state index >= 15 is 0 Å². The molecule has 2 aromatic rings. The van der Waals surface area contributed by atoms with Crippen LogP contribution in [0.2, 0.25) is 0 Å². The molecule has 2 aliphatic heterocycles. The second-order valence-electron chi connectivity index (χ2n) is 6.85. The zero-order valence-electron chi connectivity index (χ0n) is 14.1. The Morgan fingerprint density at radius 3 is 2.50 bits per heavy atom. The van der Waals surface area contributed by atoms with Crippen LogP contribution in [0.15, 0.2) is 42.5 Å². The fourth-order valence-electron chi connectivity index (χ4n) is 3.57. The standard InChI is InChI=1S/C19H24N4O/c1-21-9-11-22(12-10-21)16-13-23(14-16)19(24)20-18-8-4-6-15-5-2-3-7-17(15)18/h2-8,16H,9-14H2,1H3,(H,20,24). The van der Waals surface area contributed by atoms with Gasteiger partial charge in [0.25, 0.3) is 0 Å². The largest absolute Gasteiger partial charge is 0.321 e. The monoisotopic (exact) mass is 324 g/mol. The number of likely N-dealkylation sites (tertiary alicyclic amines) is 1. The van der Waals surface area contributed by atoms with E-state index in [9.17, 15) is 4.79 Å². The Kier molecular flexibility index (Phi) is 4.12. The highest BCUT2D eigenvalue weighted by molar-refractivity contribution is 6.01. The maximum absolute atomic E-state index is 12.5. The van der Waals surface area contributed by atoms with E-state index in [2.05, 4.69) is 34.3 Å². The number of piperazine rings is 1. The van der Waals surface area contributed by atoms with Crippen LogP contribution in [0.25, 0.3) is 10.8 Å². The predicted molar refractivity (Wildman–Crippen MR) is 97.4 cm³/mol. The summed E-state index contributed by atoms with van der Waals surface area (Å²) in [7, 11) is 2.17. The summed E-state index contributed by atoms with van der Waals surface area (Å²) in [6, 6.07) is 14.7. The van der Waals surface area contributed by atoms with Crippen molar-refractivity contribution in [3.8, 4) is 0 Å². The number of nitrogens with zero attached hydrogens (tertiary/aromatic N) is 3. The Bertz CT molecular complexity index is 728. The first kappa shape index (κ1) is 15.4. The van der Waals surface area contributed by atoms with E-state index in [1.54, 1.807) is 0 Å². The summed E-state index contributed by atoms with van der Waals surface area (Å²) in [5.41, 5.74) is 0.890. The number of hydrogen-bond donors (Lipinski definition) is 1. The van der Waals surface area contributed by atoms with E-state index in [-0.39, 0.29) is 6.03 Å². The Morgan fingerprint density at radius 2 is 1.71 bits per heavy atom. The first-order valence-electron chi connectivity index (χ1n) is 8.67. The molecule has 2 aromatic carbocycles. The molecule has 2 aliphatic rings. The fourth-order valence-corrected chi connectivity index (χ4v) is 3.57. The zero-order chi connectivity index (χ0) is 16.5. The third kappa shape index (κ3) is 2.97. The van der Waals surface area contributed by atoms with Gasteiger partial charge in [-0.15, -0.1) is 0 Å². The van der Waals surface area contributed by atoms with Gasteiger partial charge in [0, 0.05) is 50.7 Å². The minimum atomic E-state index is 0.0109. The number of hydrogen-bond acceptors (Lipinski definition) is 3. The summed E-state index contributed by atoms with van der Waals surface area (Å²) in [6.07, 6.45) is 0. The van der Waals surface area contributed by atoms with Gasteiger partial charge in [0.15, 0.2) is 0 Å². The van der Waals surface area contributed by atoms with Crippen molar-refractivity contribution < 1.29 is 4.79 Å². The molecule has 2 saturated heterocycles. The highest BCUT2D eigenvalue weighted by Crippen LogP contribution is 2.24. The average molecular weight is 324 g/mol. The van der Waals surface area contributed by atoms with Gasteiger partial charge >= 0.3 is 6.03 Å². The summed E-state index contributed by atoms with van der Waals surface area (Å²) in [6.45, 7) is 6.14. The number of carbonyl (C=O) groups is 1. The van der Waals surface area contributed by atoms with E-state index in [4.69, 9.17) is 0 Å². The van der Waals surface area contributed by atoms with Gasteiger partial charge in [-0.2, -0.15) is 0 Å². The van der Waals surface area contributed by atoms with Crippen molar-refractivity contribution >= 4 is 22.5 Å². The maximum atomic E-state index is 12.5. The highest BCUT2D eigenvalue weighted by Gasteiger charge is 2.35. The molecule has 0 radical (unpaired) electrons. The van der Waals surface area contributed by atoms with Crippen LogP contribution in [0.1, 0.15) is 0 Å². The molecule has 2 fully saturated rings. The molecule has 2 heterocycles. The number of anilines is 1. The van der Waals surface area contributed by atoms with Crippen molar-refractivity contribution in [1.29, 1.82) is 0 Å². The second-order valence-corrected chi connectivity index (χ2v) is 6.85. The molecule has 0 saturated carbocycles. The smallest absolute Gasteiger partial charge is 0.321 e. The third-order valence-corrected chi connectivity index (χ3v) is 5.23. The fraction of sp³-hybridized carbons (Fsp3) is 0.421. The van der Waals surface area contributed by atoms with Crippen molar-refractivity contribution in [2.75, 3.05) is 51.6 Å². The molecule has 0 atom stereocenters. The Morgan fingerprint density at radius 1 is 1.00 bits per heavy atom. The molecule has 0 aliphatic carbocycles. The van der Waals surface area contributed by atoms with Crippen LogP contribution in [0.3, 0.4) is 0 Å². The Hall–Kier alpha value is -2.11. The van der Waals surface area contributed by atoms with Crippen molar-refractivity contribution in [1.82, 2.24) is 14.7 Å². The van der Waals surface area contributed by atoms with E-state index in [0.29, 0.717) is 6.04 Å². The molecule has 126 valence electrons. The lowest BCUT2D eigenvalue weighted by Gasteiger charge is -2.47. The van der Waals surface area contributed by atoms with Gasteiger partial charge in [-0.3, -0.25) is 4.90 Å². The zero-order valence-corrected chi connectivity index (χ0v) is 14.1. The number of fused-ring (bicyclic) bond motifs is 1. The van der Waals surface area contributed by atoms with Crippen molar-refractivity contribution in [2.45, 2.75) is 6.04 Å². The highest BCUT2D eigenvalue weighted by atomic mass is 16.2. The molecular formula is C19H24N4O. The molecule has 2 amide bonds. The van der Waals surface area contributed by atoms with E-state index in [0.717, 1.165) is 55.7 Å². The van der Waals surface area contributed by atoms with Crippen LogP contribution in [0.4, 0.5) is 10.5 Å². The number of likely N-dealkylation sites (N-methyl/N-ethyl adjacent to an activating group) is 1. The van der Waals surface area contributed by atoms with Crippen LogP contribution in [-0.2, 0) is 0 Å². The first-order valence-corrected chi connectivity index (χ1v) is 8.67. The summed E-state index contributed by atoms with van der Waals surface area (Å²) < 4.78 is 0. The summed E-state index contributed by atoms with van der Waals surface area (Å²) in [5.74, 6) is 0. The average Bonchev–Trinajstić information content (AvgIpc) is 2.56. The molecule has 1 N–H and O–H groups in total. The lowest BCUT2D eigenvalue weighted by atomic mass is 10.1. The van der Waals surface area contributed by atoms with Crippen LogP contribution in [-0.4, -0.2) is 73.1 Å². The van der Waals surface area contributed by atoms with Crippen LogP contribution in [0.5, 0.6) is 0 Å². The van der Waals surface area contributed by atoms with E-state index in [1.165, 1.54) is 0 Å². The molecule has 0 bridgehead atoms. The van der Waals surface area contributed by atoms with Gasteiger partial charge in [0.2, 0.25) is 0 Å². The van der Waals surface area contributed by atoms with Crippen molar-refractivity contribution in [2.24, 2.45) is 0 Å². The molecule has 24 heavy (non-hydrogen) atoms. The Labute approximate surface area is 142 Å². The molecule has 5 heteroatoms. The number of carbonyl (C=O) groups excluding carboxylic acids is 1. The molecule has 0 aromatic heterocycles. The molecular weight excluding hydrogens is 300 g/mol. The topological polar surface area (TPSA) is 38.8 Å². The van der Waals surface area contributed by atoms with Crippen molar-refractivity contribution in [3.05, 3.63) is 42.5 Å². The number of nitrogens with one attached hydrogen (secondary N) is 1. The van der Waals surface area contributed by atoms with Crippen molar-refractivity contribution in [3.63, 3.8) is 0 Å². The van der Waals surface area contributed by atoms with Gasteiger partial charge in [0.05, 0.1) is 5.69 Å². The quantitative estimate of drug-likeness (QED) is 0.921. The van der Waals surface area contributed by atoms with Gasteiger partial charge in [-0.05, 0) is 18.5 Å².